The van der Waals surface area contributed by atoms with E-state index in [-0.39, 0.29) is 0 Å². The SMILES string of the molecule is [Na][CH]1CC[CH]([Na])CC1. The fourth-order valence-corrected chi connectivity index (χ4v) is 2.76. The Balaban J connectivity index is 2.19. The van der Waals surface area contributed by atoms with Crippen LogP contribution in [0, 0.1) is 0 Å². The van der Waals surface area contributed by atoms with Gasteiger partial charge in [0.25, 0.3) is 0 Å². The van der Waals surface area contributed by atoms with E-state index in [1.165, 1.54) is 62.2 Å². The van der Waals surface area contributed by atoms with Crippen LogP contribution in [0.25, 0.3) is 0 Å². The zero-order valence-electron chi connectivity index (χ0n) is 5.98. The van der Waals surface area contributed by atoms with E-state index in [4.69, 9.17) is 0 Å². The minimum atomic E-state index is 1.18. The Morgan fingerprint density at radius 2 is 1.00 bits per heavy atom. The van der Waals surface area contributed by atoms with Gasteiger partial charge in [0.2, 0.25) is 0 Å². The van der Waals surface area contributed by atoms with E-state index in [2.05, 4.69) is 0 Å². The first kappa shape index (κ1) is 8.10. The third-order valence-electron chi connectivity index (χ3n) is 2.30. The molecule has 0 bridgehead atoms. The van der Waals surface area contributed by atoms with Crippen molar-refractivity contribution in [3.8, 4) is 0 Å². The van der Waals surface area contributed by atoms with Crippen LogP contribution < -0.4 is 0 Å². The summed E-state index contributed by atoms with van der Waals surface area (Å²) in [5.74, 6) is 0. The van der Waals surface area contributed by atoms with Crippen LogP contribution in [0.15, 0.2) is 0 Å². The van der Waals surface area contributed by atoms with Gasteiger partial charge in [-0.3, -0.25) is 0 Å². The molecule has 0 heterocycles. The van der Waals surface area contributed by atoms with Crippen molar-refractivity contribution in [3.05, 3.63) is 0 Å². The predicted octanol–water partition coefficient (Wildman–Crippen LogP) is 1.47. The summed E-state index contributed by atoms with van der Waals surface area (Å²) in [6, 6.07) is 0. The van der Waals surface area contributed by atoms with Crippen LogP contribution in [0.3, 0.4) is 0 Å². The molecule has 0 amide bonds. The van der Waals surface area contributed by atoms with Crippen LogP contribution in [0.5, 0.6) is 0 Å². The van der Waals surface area contributed by atoms with Gasteiger partial charge in [-0.2, -0.15) is 0 Å². The summed E-state index contributed by atoms with van der Waals surface area (Å²) in [5, 5.41) is 0. The predicted molar refractivity (Wildman–Crippen MR) is 37.5 cm³/mol. The normalized spacial score (nSPS) is 40.0. The van der Waals surface area contributed by atoms with Crippen LogP contribution in [0.4, 0.5) is 0 Å². The summed E-state index contributed by atoms with van der Waals surface area (Å²) in [5.41, 5.74) is 0. The van der Waals surface area contributed by atoms with Gasteiger partial charge in [0, 0.05) is 0 Å². The molecule has 0 nitrogen and oxygen atoms in total. The molecular formula is C6H10Na2. The van der Waals surface area contributed by atoms with Gasteiger partial charge in [-0.15, -0.1) is 0 Å². The van der Waals surface area contributed by atoms with Crippen molar-refractivity contribution < 1.29 is 0 Å². The number of hydrogen-bond acceptors (Lipinski definition) is 0. The van der Waals surface area contributed by atoms with Gasteiger partial charge in [-0.25, -0.2) is 0 Å². The summed E-state index contributed by atoms with van der Waals surface area (Å²) < 4.78 is 2.36. The first-order chi connectivity index (χ1) is 3.79. The van der Waals surface area contributed by atoms with Crippen molar-refractivity contribution in [1.29, 1.82) is 0 Å². The van der Waals surface area contributed by atoms with E-state index in [9.17, 15) is 0 Å². The van der Waals surface area contributed by atoms with Crippen LogP contribution in [-0.2, 0) is 0 Å². The Kier molecular flexibility index (Phi) is 4.05. The van der Waals surface area contributed by atoms with E-state index in [1.54, 1.807) is 25.7 Å². The van der Waals surface area contributed by atoms with Gasteiger partial charge < -0.3 is 0 Å². The molecule has 0 aromatic heterocycles. The van der Waals surface area contributed by atoms with Gasteiger partial charge in [0.15, 0.2) is 0 Å². The fraction of sp³-hybridized carbons (Fsp3) is 1.00. The monoisotopic (exact) mass is 128 g/mol. The molecule has 0 aromatic carbocycles. The van der Waals surface area contributed by atoms with Gasteiger partial charge >= 0.3 is 87.9 Å². The van der Waals surface area contributed by atoms with Crippen LogP contribution in [0.2, 0.25) is 6.33 Å². The van der Waals surface area contributed by atoms with Crippen molar-refractivity contribution in [2.45, 2.75) is 32.0 Å². The van der Waals surface area contributed by atoms with Crippen molar-refractivity contribution in [1.82, 2.24) is 0 Å². The summed E-state index contributed by atoms with van der Waals surface area (Å²) in [6.07, 6.45) is 6.28. The van der Waals surface area contributed by atoms with Crippen molar-refractivity contribution in [2.24, 2.45) is 0 Å². The average Bonchev–Trinajstić information content (AvgIpc) is 1.77. The quantitative estimate of drug-likeness (QED) is 0.433. The fourth-order valence-electron chi connectivity index (χ4n) is 1.43. The van der Waals surface area contributed by atoms with Crippen LogP contribution in [-0.4, -0.2) is 55.9 Å². The van der Waals surface area contributed by atoms with Crippen LogP contribution >= 0.6 is 0 Å². The first-order valence-corrected chi connectivity index (χ1v) is 6.10. The van der Waals surface area contributed by atoms with E-state index >= 15 is 0 Å². The van der Waals surface area contributed by atoms with E-state index < -0.39 is 0 Å². The molecule has 0 atom stereocenters. The Hall–Kier alpha value is 2.00. The van der Waals surface area contributed by atoms with Crippen LogP contribution in [0.1, 0.15) is 25.7 Å². The molecule has 0 N–H and O–H groups in total. The Morgan fingerprint density at radius 3 is 1.25 bits per heavy atom. The van der Waals surface area contributed by atoms with E-state index in [0.717, 1.165) is 0 Å². The molecule has 0 radical (unpaired) electrons. The second-order valence-corrected chi connectivity index (χ2v) is 6.63. The topological polar surface area (TPSA) is 0 Å². The second kappa shape index (κ2) is 4.00. The molecule has 8 heavy (non-hydrogen) atoms. The third kappa shape index (κ3) is 2.72. The summed E-state index contributed by atoms with van der Waals surface area (Å²) >= 11 is 2.91. The summed E-state index contributed by atoms with van der Waals surface area (Å²) in [6.45, 7) is 0. The minimum absolute atomic E-state index is 1.18. The molecule has 0 spiro atoms. The maximum atomic E-state index is 1.57. The molecule has 0 saturated heterocycles. The number of hydrogen-bond donors (Lipinski definition) is 0. The molecule has 1 aliphatic carbocycles. The van der Waals surface area contributed by atoms with Gasteiger partial charge in [0.1, 0.15) is 0 Å². The zero-order valence-corrected chi connectivity index (χ0v) is 9.98. The molecule has 2 heteroatoms. The van der Waals surface area contributed by atoms with Gasteiger partial charge in [-0.1, -0.05) is 0 Å². The summed E-state index contributed by atoms with van der Waals surface area (Å²) in [7, 11) is 0. The molecule has 0 unspecified atom stereocenters. The molecule has 36 valence electrons. The second-order valence-electron chi connectivity index (χ2n) is 3.37. The van der Waals surface area contributed by atoms with Gasteiger partial charge in [0.05, 0.1) is 0 Å². The molecule has 1 rings (SSSR count). The van der Waals surface area contributed by atoms with Gasteiger partial charge in [-0.05, 0) is 0 Å². The first-order valence-electron chi connectivity index (χ1n) is 3.79. The number of rotatable bonds is 0. The molecular weight excluding hydrogens is 118 g/mol. The van der Waals surface area contributed by atoms with Crippen molar-refractivity contribution in [3.63, 3.8) is 0 Å². The third-order valence-corrected chi connectivity index (χ3v) is 4.61. The molecule has 1 aliphatic rings. The Labute approximate surface area is 86.6 Å². The molecule has 0 aromatic rings. The zero-order chi connectivity index (χ0) is 5.98. The molecule has 1 fully saturated rings. The average molecular weight is 128 g/mol. The molecule has 0 aliphatic heterocycles. The van der Waals surface area contributed by atoms with Crippen molar-refractivity contribution >= 4 is 55.9 Å². The van der Waals surface area contributed by atoms with Crippen molar-refractivity contribution in [2.75, 3.05) is 0 Å². The van der Waals surface area contributed by atoms with E-state index in [1.807, 2.05) is 0 Å². The Bertz CT molecular complexity index is 54.9. The molecule has 1 saturated carbocycles. The summed E-state index contributed by atoms with van der Waals surface area (Å²) in [4.78, 5) is 0. The Morgan fingerprint density at radius 1 is 0.750 bits per heavy atom. The van der Waals surface area contributed by atoms with E-state index in [0.29, 0.717) is 0 Å². The maximum absolute atomic E-state index is 1.57. The standard InChI is InChI=1S/C6H10.2Na/c1-2-4-6-5-3-1;;/h1,6H,2-5H2;;.